The van der Waals surface area contributed by atoms with Crippen molar-refractivity contribution in [3.05, 3.63) is 36.5 Å². The topological polar surface area (TPSA) is 95.9 Å². The summed E-state index contributed by atoms with van der Waals surface area (Å²) in [5.41, 5.74) is 0. The number of carbonyl (C=O) groups excluding carboxylic acids is 2. The average molecular weight is 1310 g/mol. The van der Waals surface area contributed by atoms with Gasteiger partial charge in [-0.05, 0) is 57.8 Å². The van der Waals surface area contributed by atoms with Crippen molar-refractivity contribution in [2.75, 3.05) is 13.2 Å². The molecule has 550 valence electrons. The molecule has 0 radical (unpaired) electrons. The quantitative estimate of drug-likeness (QED) is 0.0320. The zero-order valence-corrected chi connectivity index (χ0v) is 63.3. The Bertz CT molecular complexity index is 1510. The summed E-state index contributed by atoms with van der Waals surface area (Å²) in [5, 5.41) is 23.3. The van der Waals surface area contributed by atoms with Gasteiger partial charge in [0, 0.05) is 12.8 Å². The number of aliphatic hydroxyl groups is 2. The molecule has 6 heteroatoms. The predicted octanol–water partition coefficient (Wildman–Crippen LogP) is 28.6. The predicted molar refractivity (Wildman–Crippen MR) is 412 cm³/mol. The lowest BCUT2D eigenvalue weighted by atomic mass is 10.0. The first kappa shape index (κ1) is 91.1. The number of amides is 1. The van der Waals surface area contributed by atoms with Crippen LogP contribution in [0.25, 0.3) is 0 Å². The molecule has 1 amide bonds. The molecule has 0 aliphatic heterocycles. The van der Waals surface area contributed by atoms with Gasteiger partial charge in [0.05, 0.1) is 25.4 Å². The summed E-state index contributed by atoms with van der Waals surface area (Å²) in [5.74, 6) is -0.0466. The molecule has 0 aromatic rings. The average Bonchev–Trinajstić information content (AvgIpc) is 3.78. The van der Waals surface area contributed by atoms with E-state index in [4.69, 9.17) is 4.74 Å². The Morgan fingerprint density at radius 3 is 0.849 bits per heavy atom. The molecule has 0 rings (SSSR count). The third-order valence-corrected chi connectivity index (χ3v) is 20.2. The Morgan fingerprint density at radius 2 is 0.548 bits per heavy atom. The minimum atomic E-state index is -0.842. The first-order valence-electron chi connectivity index (χ1n) is 42.8. The molecule has 0 aliphatic rings. The van der Waals surface area contributed by atoms with Gasteiger partial charge in [-0.25, -0.2) is 0 Å². The van der Waals surface area contributed by atoms with Crippen molar-refractivity contribution in [2.45, 2.75) is 495 Å². The van der Waals surface area contributed by atoms with E-state index in [1.807, 2.05) is 6.08 Å². The molecule has 0 aromatic carbocycles. The van der Waals surface area contributed by atoms with Crippen molar-refractivity contribution >= 4 is 11.9 Å². The van der Waals surface area contributed by atoms with Crippen LogP contribution in [0.15, 0.2) is 36.5 Å². The van der Waals surface area contributed by atoms with E-state index in [-0.39, 0.29) is 18.5 Å². The lowest BCUT2D eigenvalue weighted by molar-refractivity contribution is -0.143. The van der Waals surface area contributed by atoms with Gasteiger partial charge in [-0.3, -0.25) is 9.59 Å². The zero-order chi connectivity index (χ0) is 67.0. The number of carbonyl (C=O) groups is 2. The minimum absolute atomic E-state index is 0.00989. The number of rotatable bonds is 81. The maximum atomic E-state index is 12.6. The fourth-order valence-corrected chi connectivity index (χ4v) is 13.7. The molecule has 3 N–H and O–H groups in total. The molecule has 93 heavy (non-hydrogen) atoms. The number of unbranched alkanes of at least 4 members (excludes halogenated alkanes) is 66. The normalized spacial score (nSPS) is 12.6. The monoisotopic (exact) mass is 1310 g/mol. The van der Waals surface area contributed by atoms with Gasteiger partial charge in [0.15, 0.2) is 0 Å². The highest BCUT2D eigenvalue weighted by molar-refractivity contribution is 5.76. The molecule has 0 spiro atoms. The van der Waals surface area contributed by atoms with Crippen LogP contribution in [-0.4, -0.2) is 47.4 Å². The first-order valence-corrected chi connectivity index (χ1v) is 42.8. The van der Waals surface area contributed by atoms with Crippen LogP contribution < -0.4 is 5.32 Å². The minimum Gasteiger partial charge on any atom is -0.466 e. The van der Waals surface area contributed by atoms with E-state index in [0.717, 1.165) is 51.4 Å². The molecule has 0 saturated carbocycles. The van der Waals surface area contributed by atoms with Crippen LogP contribution >= 0.6 is 0 Å². The number of esters is 1. The number of ether oxygens (including phenoxy) is 1. The summed E-state index contributed by atoms with van der Waals surface area (Å²) >= 11 is 0. The summed E-state index contributed by atoms with van der Waals surface area (Å²) in [6, 6.07) is -0.625. The molecule has 0 aromatic heterocycles. The van der Waals surface area contributed by atoms with Gasteiger partial charge >= 0.3 is 5.97 Å². The highest BCUT2D eigenvalue weighted by Crippen LogP contribution is 2.21. The maximum Gasteiger partial charge on any atom is 0.305 e. The second-order valence-corrected chi connectivity index (χ2v) is 29.5. The van der Waals surface area contributed by atoms with Gasteiger partial charge in [-0.2, -0.15) is 0 Å². The van der Waals surface area contributed by atoms with Gasteiger partial charge in [0.25, 0.3) is 0 Å². The Labute approximate surface area is 583 Å². The zero-order valence-electron chi connectivity index (χ0n) is 63.3. The highest BCUT2D eigenvalue weighted by Gasteiger charge is 2.18. The standard InChI is InChI=1S/C87H167NO5/c1-3-5-7-9-11-13-15-17-19-20-21-22-40-43-46-49-52-55-59-63-67-71-75-79-85(90)84(83-89)88-86(91)80-76-72-68-64-60-56-53-50-47-44-41-38-36-34-32-30-28-26-24-23-25-27-29-31-33-35-37-39-42-45-48-51-54-58-62-66-70-74-78-82-93-87(92)81-77-73-69-65-61-57-18-16-14-12-10-8-6-4-2/h10,12,16,18,75,79,84-85,89-90H,3-9,11,13-15,17,19-74,76-78,80-83H2,1-2H3,(H,88,91)/b12-10-,18-16-,79-75+. The van der Waals surface area contributed by atoms with Gasteiger partial charge in [0.2, 0.25) is 5.91 Å². The number of nitrogens with one attached hydrogen (secondary N) is 1. The van der Waals surface area contributed by atoms with E-state index in [0.29, 0.717) is 19.4 Å². The second-order valence-electron chi connectivity index (χ2n) is 29.5. The van der Waals surface area contributed by atoms with Crippen molar-refractivity contribution in [3.8, 4) is 0 Å². The summed E-state index contributed by atoms with van der Waals surface area (Å²) in [6.45, 7) is 4.91. The molecular weight excluding hydrogens is 1140 g/mol. The number of aliphatic hydroxyl groups excluding tert-OH is 2. The van der Waals surface area contributed by atoms with E-state index in [2.05, 4.69) is 43.5 Å². The Balaban J connectivity index is 3.32. The van der Waals surface area contributed by atoms with Crippen molar-refractivity contribution in [1.29, 1.82) is 0 Å². The molecular formula is C87H167NO5. The third kappa shape index (κ3) is 79.0. The Morgan fingerprint density at radius 1 is 0.301 bits per heavy atom. The summed E-state index contributed by atoms with van der Waals surface area (Å²) in [7, 11) is 0. The molecule has 0 fully saturated rings. The Hall–Kier alpha value is -1.92. The van der Waals surface area contributed by atoms with Crippen LogP contribution in [0.5, 0.6) is 0 Å². The van der Waals surface area contributed by atoms with E-state index in [1.54, 1.807) is 6.08 Å². The van der Waals surface area contributed by atoms with Crippen LogP contribution in [0.4, 0.5) is 0 Å². The van der Waals surface area contributed by atoms with E-state index < -0.39 is 12.1 Å². The largest absolute Gasteiger partial charge is 0.466 e. The highest BCUT2D eigenvalue weighted by atomic mass is 16.5. The molecule has 2 atom stereocenters. The van der Waals surface area contributed by atoms with Crippen molar-refractivity contribution in [2.24, 2.45) is 0 Å². The number of hydrogen-bond donors (Lipinski definition) is 3. The van der Waals surface area contributed by atoms with Crippen LogP contribution in [0.3, 0.4) is 0 Å². The van der Waals surface area contributed by atoms with Crippen molar-refractivity contribution in [1.82, 2.24) is 5.32 Å². The number of hydrogen-bond acceptors (Lipinski definition) is 5. The van der Waals surface area contributed by atoms with Crippen molar-refractivity contribution < 1.29 is 24.5 Å². The van der Waals surface area contributed by atoms with E-state index in [9.17, 15) is 19.8 Å². The van der Waals surface area contributed by atoms with Crippen LogP contribution in [0.2, 0.25) is 0 Å². The first-order chi connectivity index (χ1) is 46.0. The summed E-state index contributed by atoms with van der Waals surface area (Å²) < 4.78 is 5.49. The van der Waals surface area contributed by atoms with Gasteiger partial charge in [0.1, 0.15) is 0 Å². The maximum absolute atomic E-state index is 12.6. The fraction of sp³-hybridized carbons (Fsp3) is 0.908. The third-order valence-electron chi connectivity index (χ3n) is 20.2. The summed E-state index contributed by atoms with van der Waals surface area (Å²) in [4.78, 5) is 24.6. The molecule has 6 nitrogen and oxygen atoms in total. The van der Waals surface area contributed by atoms with E-state index >= 15 is 0 Å². The molecule has 0 saturated heterocycles. The van der Waals surface area contributed by atoms with Crippen molar-refractivity contribution in [3.63, 3.8) is 0 Å². The van der Waals surface area contributed by atoms with Gasteiger partial charge in [-0.1, -0.05) is 448 Å². The van der Waals surface area contributed by atoms with Crippen LogP contribution in [-0.2, 0) is 14.3 Å². The molecule has 0 aliphatic carbocycles. The second kappa shape index (κ2) is 82.5. The molecule has 0 heterocycles. The van der Waals surface area contributed by atoms with Gasteiger partial charge < -0.3 is 20.3 Å². The lowest BCUT2D eigenvalue weighted by Gasteiger charge is -2.20. The van der Waals surface area contributed by atoms with Crippen LogP contribution in [0.1, 0.15) is 483 Å². The Kier molecular flexibility index (Phi) is 80.8. The fourth-order valence-electron chi connectivity index (χ4n) is 13.7. The SMILES string of the molecule is CCCC/C=C\C/C=C\CCCCCCCC(=O)OCCCCCCCCCCCCCCCCCCCCCCCCCCCCCCCCCCCCCCCCCC(=O)NC(CO)C(O)/C=C/CCCCCCCCCCCCCCCCCCCCCCC. The summed E-state index contributed by atoms with van der Waals surface area (Å²) in [6.07, 6.45) is 109. The molecule has 2 unspecified atom stereocenters. The molecule has 0 bridgehead atoms. The van der Waals surface area contributed by atoms with E-state index in [1.165, 1.54) is 405 Å². The smallest absolute Gasteiger partial charge is 0.305 e. The number of allylic oxidation sites excluding steroid dienone is 5. The lowest BCUT2D eigenvalue weighted by Crippen LogP contribution is -2.45. The van der Waals surface area contributed by atoms with Gasteiger partial charge in [-0.15, -0.1) is 0 Å². The van der Waals surface area contributed by atoms with Crippen LogP contribution in [0, 0.1) is 0 Å².